The highest BCUT2D eigenvalue weighted by Gasteiger charge is 2.32. The number of aryl methyl sites for hydroxylation is 2. The standard InChI is InChI=1S/C25H34N4O2/c1-18-6-5-11-28(16-18)24(30)22-9-12-27(13-10-22)25(31)23-8-4-7-21(15-23)17-29-20(3)14-19(2)26-29/h4,7-8,14-15,18,22H,5-6,9-13,16-17H2,1-3H3. The second-order valence-corrected chi connectivity index (χ2v) is 9.38. The summed E-state index contributed by atoms with van der Waals surface area (Å²) < 4.78 is 1.97. The highest BCUT2D eigenvalue weighted by atomic mass is 16.2. The molecule has 2 aliphatic heterocycles. The zero-order valence-corrected chi connectivity index (χ0v) is 19.0. The van der Waals surface area contributed by atoms with Crippen LogP contribution in [0, 0.1) is 25.7 Å². The van der Waals surface area contributed by atoms with Crippen LogP contribution in [0.3, 0.4) is 0 Å². The lowest BCUT2D eigenvalue weighted by atomic mass is 9.92. The average molecular weight is 423 g/mol. The van der Waals surface area contributed by atoms with E-state index in [1.165, 1.54) is 6.42 Å². The van der Waals surface area contributed by atoms with Gasteiger partial charge in [-0.3, -0.25) is 14.3 Å². The van der Waals surface area contributed by atoms with E-state index in [1.54, 1.807) is 0 Å². The summed E-state index contributed by atoms with van der Waals surface area (Å²) in [6, 6.07) is 9.91. The maximum atomic E-state index is 13.1. The van der Waals surface area contributed by atoms with Crippen LogP contribution in [0.5, 0.6) is 0 Å². The third-order valence-electron chi connectivity index (χ3n) is 6.71. The minimum Gasteiger partial charge on any atom is -0.342 e. The first-order valence-corrected chi connectivity index (χ1v) is 11.6. The number of hydrogen-bond acceptors (Lipinski definition) is 3. The molecule has 0 saturated carbocycles. The fourth-order valence-electron chi connectivity index (χ4n) is 4.97. The van der Waals surface area contributed by atoms with Crippen LogP contribution in [0.4, 0.5) is 0 Å². The Kier molecular flexibility index (Phi) is 6.44. The summed E-state index contributed by atoms with van der Waals surface area (Å²) in [7, 11) is 0. The van der Waals surface area contributed by atoms with Gasteiger partial charge in [0.2, 0.25) is 5.91 Å². The molecule has 2 aliphatic rings. The zero-order chi connectivity index (χ0) is 22.0. The molecule has 0 aliphatic carbocycles. The van der Waals surface area contributed by atoms with Crippen LogP contribution in [0.2, 0.25) is 0 Å². The SMILES string of the molecule is Cc1cc(C)n(Cc2cccc(C(=O)N3CCC(C(=O)N4CCCC(C)C4)CC3)c2)n1. The van der Waals surface area contributed by atoms with Gasteiger partial charge in [0.25, 0.3) is 5.91 Å². The maximum absolute atomic E-state index is 13.1. The molecule has 3 heterocycles. The molecule has 0 bridgehead atoms. The van der Waals surface area contributed by atoms with Crippen LogP contribution < -0.4 is 0 Å². The minimum absolute atomic E-state index is 0.0618. The fourth-order valence-corrected chi connectivity index (χ4v) is 4.97. The third-order valence-corrected chi connectivity index (χ3v) is 6.71. The Morgan fingerprint density at radius 1 is 1.03 bits per heavy atom. The number of piperidine rings is 2. The lowest BCUT2D eigenvalue weighted by Crippen LogP contribution is -2.47. The van der Waals surface area contributed by atoms with E-state index in [-0.39, 0.29) is 11.8 Å². The van der Waals surface area contributed by atoms with E-state index >= 15 is 0 Å². The topological polar surface area (TPSA) is 58.4 Å². The monoisotopic (exact) mass is 422 g/mol. The molecule has 4 rings (SSSR count). The summed E-state index contributed by atoms with van der Waals surface area (Å²) in [5, 5.41) is 4.52. The van der Waals surface area contributed by atoms with Crippen molar-refractivity contribution in [2.75, 3.05) is 26.2 Å². The van der Waals surface area contributed by atoms with Gasteiger partial charge in [-0.25, -0.2) is 0 Å². The normalized spacial score (nSPS) is 20.2. The number of hydrogen-bond donors (Lipinski definition) is 0. The fraction of sp³-hybridized carbons (Fsp3) is 0.560. The molecule has 2 fully saturated rings. The molecule has 2 amide bonds. The Labute approximate surface area is 185 Å². The van der Waals surface area contributed by atoms with Gasteiger partial charge < -0.3 is 9.80 Å². The number of benzene rings is 1. The van der Waals surface area contributed by atoms with Crippen molar-refractivity contribution in [1.29, 1.82) is 0 Å². The molecular weight excluding hydrogens is 388 g/mol. The van der Waals surface area contributed by atoms with E-state index in [9.17, 15) is 9.59 Å². The predicted molar refractivity (Wildman–Crippen MR) is 121 cm³/mol. The summed E-state index contributed by atoms with van der Waals surface area (Å²) in [6.07, 6.45) is 3.86. The van der Waals surface area contributed by atoms with E-state index in [2.05, 4.69) is 23.0 Å². The van der Waals surface area contributed by atoms with Crippen molar-refractivity contribution in [3.05, 3.63) is 52.8 Å². The molecule has 31 heavy (non-hydrogen) atoms. The first-order chi connectivity index (χ1) is 14.9. The number of carbonyl (C=O) groups is 2. The minimum atomic E-state index is 0.0618. The predicted octanol–water partition coefficient (Wildman–Crippen LogP) is 3.66. The van der Waals surface area contributed by atoms with Gasteiger partial charge in [0, 0.05) is 43.4 Å². The molecule has 1 aromatic heterocycles. The van der Waals surface area contributed by atoms with Gasteiger partial charge in [-0.2, -0.15) is 5.10 Å². The van der Waals surface area contributed by atoms with Gasteiger partial charge >= 0.3 is 0 Å². The van der Waals surface area contributed by atoms with Crippen LogP contribution >= 0.6 is 0 Å². The third kappa shape index (κ3) is 5.00. The number of carbonyl (C=O) groups excluding carboxylic acids is 2. The molecule has 1 unspecified atom stereocenters. The van der Waals surface area contributed by atoms with Crippen LogP contribution in [0.25, 0.3) is 0 Å². The van der Waals surface area contributed by atoms with Crippen molar-refractivity contribution in [2.45, 2.75) is 53.0 Å². The van der Waals surface area contributed by atoms with Gasteiger partial charge in [-0.1, -0.05) is 19.1 Å². The van der Waals surface area contributed by atoms with Crippen LogP contribution in [0.1, 0.15) is 59.9 Å². The Morgan fingerprint density at radius 2 is 1.81 bits per heavy atom. The van der Waals surface area contributed by atoms with Crippen molar-refractivity contribution in [3.8, 4) is 0 Å². The number of likely N-dealkylation sites (tertiary alicyclic amines) is 2. The number of rotatable bonds is 4. The summed E-state index contributed by atoms with van der Waals surface area (Å²) in [5.74, 6) is 1.02. The largest absolute Gasteiger partial charge is 0.342 e. The van der Waals surface area contributed by atoms with Crippen molar-refractivity contribution >= 4 is 11.8 Å². The molecule has 6 nitrogen and oxygen atoms in total. The van der Waals surface area contributed by atoms with E-state index < -0.39 is 0 Å². The Balaban J connectivity index is 1.35. The molecule has 0 radical (unpaired) electrons. The molecule has 166 valence electrons. The second kappa shape index (κ2) is 9.25. The Hall–Kier alpha value is -2.63. The molecule has 2 aromatic rings. The number of aromatic nitrogens is 2. The van der Waals surface area contributed by atoms with Gasteiger partial charge in [0.05, 0.1) is 12.2 Å². The Morgan fingerprint density at radius 3 is 2.48 bits per heavy atom. The van der Waals surface area contributed by atoms with Crippen molar-refractivity contribution in [1.82, 2.24) is 19.6 Å². The zero-order valence-electron chi connectivity index (χ0n) is 19.0. The van der Waals surface area contributed by atoms with Crippen LogP contribution in [-0.4, -0.2) is 57.6 Å². The second-order valence-electron chi connectivity index (χ2n) is 9.38. The lowest BCUT2D eigenvalue weighted by Gasteiger charge is -2.37. The van der Waals surface area contributed by atoms with Gasteiger partial charge in [0.1, 0.15) is 0 Å². The average Bonchev–Trinajstić information content (AvgIpc) is 3.09. The van der Waals surface area contributed by atoms with E-state index in [0.29, 0.717) is 37.0 Å². The molecular formula is C25H34N4O2. The molecule has 1 atom stereocenters. The molecule has 1 aromatic carbocycles. The first-order valence-electron chi connectivity index (χ1n) is 11.6. The van der Waals surface area contributed by atoms with Gasteiger partial charge in [-0.05, 0) is 69.2 Å². The van der Waals surface area contributed by atoms with Gasteiger partial charge in [0.15, 0.2) is 0 Å². The van der Waals surface area contributed by atoms with Crippen molar-refractivity contribution < 1.29 is 9.59 Å². The van der Waals surface area contributed by atoms with Crippen molar-refractivity contribution in [3.63, 3.8) is 0 Å². The molecule has 0 spiro atoms. The first kappa shape index (κ1) is 21.6. The molecule has 0 N–H and O–H groups in total. The van der Waals surface area contributed by atoms with Crippen molar-refractivity contribution in [2.24, 2.45) is 11.8 Å². The maximum Gasteiger partial charge on any atom is 0.253 e. The van der Waals surface area contributed by atoms with Gasteiger partial charge in [-0.15, -0.1) is 0 Å². The summed E-state index contributed by atoms with van der Waals surface area (Å²) in [4.78, 5) is 30.0. The van der Waals surface area contributed by atoms with Crippen LogP contribution in [0.15, 0.2) is 30.3 Å². The number of nitrogens with zero attached hydrogens (tertiary/aromatic N) is 4. The summed E-state index contributed by atoms with van der Waals surface area (Å²) in [5.41, 5.74) is 3.90. The number of amides is 2. The molecule has 6 heteroatoms. The Bertz CT molecular complexity index is 943. The van der Waals surface area contributed by atoms with E-state index in [0.717, 1.165) is 49.3 Å². The van der Waals surface area contributed by atoms with E-state index in [1.807, 2.05) is 47.7 Å². The summed E-state index contributed by atoms with van der Waals surface area (Å²) in [6.45, 7) is 10.0. The quantitative estimate of drug-likeness (QED) is 0.756. The van der Waals surface area contributed by atoms with Crippen LogP contribution in [-0.2, 0) is 11.3 Å². The summed E-state index contributed by atoms with van der Waals surface area (Å²) >= 11 is 0. The van der Waals surface area contributed by atoms with E-state index in [4.69, 9.17) is 0 Å². The highest BCUT2D eigenvalue weighted by Crippen LogP contribution is 2.24. The highest BCUT2D eigenvalue weighted by molar-refractivity contribution is 5.94. The smallest absolute Gasteiger partial charge is 0.253 e. The molecule has 2 saturated heterocycles. The lowest BCUT2D eigenvalue weighted by molar-refractivity contribution is -0.138.